The van der Waals surface area contributed by atoms with E-state index in [1.54, 1.807) is 0 Å². The number of halogens is 1. The molecule has 0 atom stereocenters. The van der Waals surface area contributed by atoms with Crippen molar-refractivity contribution >= 4 is 27.3 Å². The Kier molecular flexibility index (Phi) is 5.79. The monoisotopic (exact) mass is 416 g/mol. The number of hydrogen-bond acceptors (Lipinski definition) is 4. The third kappa shape index (κ3) is 3.91. The summed E-state index contributed by atoms with van der Waals surface area (Å²) in [4.78, 5) is 10.3. The van der Waals surface area contributed by atoms with Crippen LogP contribution in [0.3, 0.4) is 0 Å². The van der Waals surface area contributed by atoms with Crippen LogP contribution < -0.4 is 0 Å². The lowest BCUT2D eigenvalue weighted by molar-refractivity contribution is -0.384. The van der Waals surface area contributed by atoms with Crippen LogP contribution in [0.15, 0.2) is 83.8 Å². The fraction of sp³-hybridized carbons (Fsp3) is 0.100. The van der Waals surface area contributed by atoms with E-state index in [4.69, 9.17) is 11.6 Å². The van der Waals surface area contributed by atoms with Crippen molar-refractivity contribution in [2.75, 3.05) is 7.05 Å². The van der Waals surface area contributed by atoms with Crippen molar-refractivity contribution in [1.29, 1.82) is 0 Å². The predicted octanol–water partition coefficient (Wildman–Crippen LogP) is 4.66. The normalized spacial score (nSPS) is 11.7. The fourth-order valence-electron chi connectivity index (χ4n) is 2.98. The smallest absolute Gasteiger partial charge is 0.258 e. The molecule has 3 rings (SSSR count). The van der Waals surface area contributed by atoms with E-state index in [2.05, 4.69) is 0 Å². The van der Waals surface area contributed by atoms with Crippen molar-refractivity contribution in [3.8, 4) is 0 Å². The third-order valence-electron chi connectivity index (χ3n) is 4.39. The average Bonchev–Trinajstić information content (AvgIpc) is 2.69. The highest BCUT2D eigenvalue weighted by Crippen LogP contribution is 2.34. The zero-order valence-electron chi connectivity index (χ0n) is 14.9. The third-order valence-corrected chi connectivity index (χ3v) is 6.52. The zero-order valence-corrected chi connectivity index (χ0v) is 16.5. The molecular weight excluding hydrogens is 400 g/mol. The predicted molar refractivity (Wildman–Crippen MR) is 108 cm³/mol. The summed E-state index contributed by atoms with van der Waals surface area (Å²) in [6.07, 6.45) is 0. The molecule has 3 aromatic rings. The van der Waals surface area contributed by atoms with Gasteiger partial charge in [0.15, 0.2) is 0 Å². The van der Waals surface area contributed by atoms with E-state index in [9.17, 15) is 18.5 Å². The number of nitro benzene ring substituents is 1. The van der Waals surface area contributed by atoms with Gasteiger partial charge in [0.2, 0.25) is 10.0 Å². The number of benzene rings is 3. The Labute approximate surface area is 168 Å². The van der Waals surface area contributed by atoms with Crippen LogP contribution in [0.1, 0.15) is 17.2 Å². The molecule has 0 spiro atoms. The standard InChI is InChI=1S/C20H17ClN2O4S/c1-22(28(26,27)17-12-13-18(21)19(14-17)23(24)25)20(15-8-4-2-5-9-15)16-10-6-3-7-11-16/h2-14,20H,1H3. The number of sulfonamides is 1. The summed E-state index contributed by atoms with van der Waals surface area (Å²) in [5, 5.41) is 11.0. The molecule has 144 valence electrons. The second-order valence-electron chi connectivity index (χ2n) is 6.12. The molecule has 0 aliphatic heterocycles. The van der Waals surface area contributed by atoms with Gasteiger partial charge >= 0.3 is 0 Å². The molecule has 0 fully saturated rings. The summed E-state index contributed by atoms with van der Waals surface area (Å²) in [5.74, 6) is 0. The minimum Gasteiger partial charge on any atom is -0.258 e. The van der Waals surface area contributed by atoms with Gasteiger partial charge in [-0.2, -0.15) is 4.31 Å². The molecule has 0 radical (unpaired) electrons. The van der Waals surface area contributed by atoms with Gasteiger partial charge in [-0.25, -0.2) is 8.42 Å². The highest BCUT2D eigenvalue weighted by molar-refractivity contribution is 7.89. The summed E-state index contributed by atoms with van der Waals surface area (Å²) in [6, 6.07) is 21.3. The SMILES string of the molecule is CN(C(c1ccccc1)c1ccccc1)S(=O)(=O)c1ccc(Cl)c([N+](=O)[O-])c1. The van der Waals surface area contributed by atoms with Crippen LogP contribution in [0.25, 0.3) is 0 Å². The molecule has 0 N–H and O–H groups in total. The van der Waals surface area contributed by atoms with E-state index in [0.717, 1.165) is 17.2 Å². The Morgan fingerprint density at radius 3 is 1.89 bits per heavy atom. The maximum atomic E-state index is 13.3. The summed E-state index contributed by atoms with van der Waals surface area (Å²) in [6.45, 7) is 0. The second kappa shape index (κ2) is 8.10. The van der Waals surface area contributed by atoms with Gasteiger partial charge in [0.25, 0.3) is 5.69 Å². The van der Waals surface area contributed by atoms with Crippen LogP contribution in [0.2, 0.25) is 5.02 Å². The summed E-state index contributed by atoms with van der Waals surface area (Å²) >= 11 is 5.83. The molecule has 0 unspecified atom stereocenters. The molecule has 28 heavy (non-hydrogen) atoms. The highest BCUT2D eigenvalue weighted by atomic mass is 35.5. The number of nitro groups is 1. The molecule has 8 heteroatoms. The summed E-state index contributed by atoms with van der Waals surface area (Å²) in [5.41, 5.74) is 1.11. The molecule has 0 bridgehead atoms. The van der Waals surface area contributed by atoms with E-state index < -0.39 is 26.7 Å². The van der Waals surface area contributed by atoms with Gasteiger partial charge in [-0.1, -0.05) is 72.3 Å². The van der Waals surface area contributed by atoms with Crippen LogP contribution in [0, 0.1) is 10.1 Å². The fourth-order valence-corrected chi connectivity index (χ4v) is 4.52. The number of hydrogen-bond donors (Lipinski definition) is 0. The molecule has 3 aromatic carbocycles. The van der Waals surface area contributed by atoms with Crippen LogP contribution >= 0.6 is 11.6 Å². The Morgan fingerprint density at radius 1 is 0.929 bits per heavy atom. The van der Waals surface area contributed by atoms with Gasteiger partial charge in [-0.3, -0.25) is 10.1 Å². The quantitative estimate of drug-likeness (QED) is 0.432. The van der Waals surface area contributed by atoms with Gasteiger partial charge in [0.1, 0.15) is 5.02 Å². The number of rotatable bonds is 6. The molecule has 0 aromatic heterocycles. The first-order valence-corrected chi connectivity index (χ1v) is 10.2. The highest BCUT2D eigenvalue weighted by Gasteiger charge is 2.31. The van der Waals surface area contributed by atoms with Crippen molar-refractivity contribution in [1.82, 2.24) is 4.31 Å². The van der Waals surface area contributed by atoms with Gasteiger partial charge in [-0.15, -0.1) is 0 Å². The summed E-state index contributed by atoms with van der Waals surface area (Å²) in [7, 11) is -2.58. The number of nitrogens with zero attached hydrogens (tertiary/aromatic N) is 2. The molecule has 0 amide bonds. The molecular formula is C20H17ClN2O4S. The van der Waals surface area contributed by atoms with Gasteiger partial charge in [0, 0.05) is 13.1 Å². The van der Waals surface area contributed by atoms with Crippen molar-refractivity contribution in [2.45, 2.75) is 10.9 Å². The lowest BCUT2D eigenvalue weighted by Gasteiger charge is -2.28. The van der Waals surface area contributed by atoms with Crippen molar-refractivity contribution < 1.29 is 13.3 Å². The van der Waals surface area contributed by atoms with Crippen LogP contribution in [-0.2, 0) is 10.0 Å². The first-order valence-electron chi connectivity index (χ1n) is 8.34. The van der Waals surface area contributed by atoms with E-state index >= 15 is 0 Å². The van der Waals surface area contributed by atoms with Crippen LogP contribution in [-0.4, -0.2) is 24.7 Å². The minimum atomic E-state index is -4.04. The van der Waals surface area contributed by atoms with Gasteiger partial charge in [-0.05, 0) is 23.3 Å². The lowest BCUT2D eigenvalue weighted by atomic mass is 9.99. The Balaban J connectivity index is 2.11. The van der Waals surface area contributed by atoms with E-state index in [1.807, 2.05) is 60.7 Å². The van der Waals surface area contributed by atoms with Crippen molar-refractivity contribution in [2.24, 2.45) is 0 Å². The molecule has 6 nitrogen and oxygen atoms in total. The topological polar surface area (TPSA) is 80.5 Å². The molecule has 0 saturated heterocycles. The first-order chi connectivity index (χ1) is 13.3. The zero-order chi connectivity index (χ0) is 20.3. The molecule has 0 aliphatic carbocycles. The Bertz CT molecular complexity index is 1050. The van der Waals surface area contributed by atoms with E-state index in [1.165, 1.54) is 23.5 Å². The minimum absolute atomic E-state index is 0.116. The van der Waals surface area contributed by atoms with Crippen LogP contribution in [0.5, 0.6) is 0 Å². The van der Waals surface area contributed by atoms with Gasteiger partial charge in [0.05, 0.1) is 15.9 Å². The molecule has 0 aliphatic rings. The maximum absolute atomic E-state index is 13.3. The molecule has 0 heterocycles. The van der Waals surface area contributed by atoms with Crippen molar-refractivity contribution in [3.63, 3.8) is 0 Å². The Morgan fingerprint density at radius 2 is 1.43 bits per heavy atom. The average molecular weight is 417 g/mol. The van der Waals surface area contributed by atoms with Gasteiger partial charge < -0.3 is 0 Å². The van der Waals surface area contributed by atoms with E-state index in [0.29, 0.717) is 0 Å². The first kappa shape index (κ1) is 20.0. The van der Waals surface area contributed by atoms with E-state index in [-0.39, 0.29) is 9.92 Å². The molecule has 0 saturated carbocycles. The maximum Gasteiger partial charge on any atom is 0.289 e. The summed E-state index contributed by atoms with van der Waals surface area (Å²) < 4.78 is 27.7. The largest absolute Gasteiger partial charge is 0.289 e. The van der Waals surface area contributed by atoms with Crippen LogP contribution in [0.4, 0.5) is 5.69 Å². The second-order valence-corrected chi connectivity index (χ2v) is 8.52. The Hall–Kier alpha value is -2.74. The lowest BCUT2D eigenvalue weighted by Crippen LogP contribution is -2.32. The van der Waals surface area contributed by atoms with Crippen molar-refractivity contribution in [3.05, 3.63) is 105 Å².